The molecule has 112 valence electrons. The summed E-state index contributed by atoms with van der Waals surface area (Å²) >= 11 is 1.47. The van der Waals surface area contributed by atoms with Gasteiger partial charge in [-0.1, -0.05) is 47.7 Å². The number of aromatic nitrogens is 2. The van der Waals surface area contributed by atoms with Gasteiger partial charge in [0.05, 0.1) is 16.3 Å². The number of hydrogen-bond donors (Lipinski definition) is 1. The van der Waals surface area contributed by atoms with Crippen LogP contribution < -0.4 is 0 Å². The summed E-state index contributed by atoms with van der Waals surface area (Å²) in [6, 6.07) is 13.8. The number of thioether (sulfide) groups is 1. The Morgan fingerprint density at radius 1 is 1.09 bits per heavy atom. The largest absolute Gasteiger partial charge is 0.333 e. The first kappa shape index (κ1) is 14.9. The summed E-state index contributed by atoms with van der Waals surface area (Å²) in [6.07, 6.45) is 0. The molecule has 1 heterocycles. The van der Waals surface area contributed by atoms with Crippen LogP contribution in [0, 0.1) is 13.8 Å². The van der Waals surface area contributed by atoms with E-state index >= 15 is 0 Å². The first-order valence-corrected chi connectivity index (χ1v) is 8.15. The quantitative estimate of drug-likeness (QED) is 0.568. The van der Waals surface area contributed by atoms with Crippen LogP contribution in [-0.2, 0) is 0 Å². The van der Waals surface area contributed by atoms with Crippen LogP contribution >= 0.6 is 11.8 Å². The molecule has 0 saturated carbocycles. The second kappa shape index (κ2) is 5.97. The lowest BCUT2D eigenvalue weighted by Gasteiger charge is -2.08. The van der Waals surface area contributed by atoms with Crippen LogP contribution in [0.1, 0.15) is 28.4 Å². The molecule has 0 aliphatic rings. The van der Waals surface area contributed by atoms with Crippen molar-refractivity contribution in [1.29, 1.82) is 0 Å². The van der Waals surface area contributed by atoms with Crippen molar-refractivity contribution in [3.8, 4) is 0 Å². The Balaban J connectivity index is 1.78. The number of fused-ring (bicyclic) bond motifs is 1. The van der Waals surface area contributed by atoms with Gasteiger partial charge in [-0.3, -0.25) is 4.79 Å². The molecule has 0 aliphatic heterocycles. The fraction of sp³-hybridized carbons (Fsp3) is 0.222. The minimum atomic E-state index is -0.177. The number of carbonyl (C=O) groups excluding carboxylic acids is 1. The predicted octanol–water partition coefficient (Wildman–Crippen LogP) is 4.54. The third-order valence-corrected chi connectivity index (χ3v) is 4.59. The molecule has 0 fully saturated rings. The van der Waals surface area contributed by atoms with Crippen molar-refractivity contribution in [1.82, 2.24) is 9.97 Å². The van der Waals surface area contributed by atoms with Crippen LogP contribution in [0.3, 0.4) is 0 Å². The summed E-state index contributed by atoms with van der Waals surface area (Å²) in [4.78, 5) is 20.3. The SMILES string of the molecule is Cc1ccc(C(=O)C(C)Sc2nc3ccc(C)cc3[nH]2)cc1. The lowest BCUT2D eigenvalue weighted by atomic mass is 10.1. The number of nitrogens with one attached hydrogen (secondary N) is 1. The third-order valence-electron chi connectivity index (χ3n) is 3.61. The Labute approximate surface area is 134 Å². The highest BCUT2D eigenvalue weighted by molar-refractivity contribution is 8.00. The highest BCUT2D eigenvalue weighted by atomic mass is 32.2. The van der Waals surface area contributed by atoms with Crippen molar-refractivity contribution in [2.75, 3.05) is 0 Å². The summed E-state index contributed by atoms with van der Waals surface area (Å²) in [5, 5.41) is 0.609. The standard InChI is InChI=1S/C18H18N2OS/c1-11-4-7-14(8-5-11)17(21)13(3)22-18-19-15-9-6-12(2)10-16(15)20-18/h4-10,13H,1-3H3,(H,19,20). The number of hydrogen-bond acceptors (Lipinski definition) is 3. The molecular weight excluding hydrogens is 292 g/mol. The molecule has 0 saturated heterocycles. The van der Waals surface area contributed by atoms with Gasteiger partial charge < -0.3 is 4.98 Å². The van der Waals surface area contributed by atoms with Gasteiger partial charge >= 0.3 is 0 Å². The average Bonchev–Trinajstić information content (AvgIpc) is 2.88. The minimum Gasteiger partial charge on any atom is -0.333 e. The first-order valence-electron chi connectivity index (χ1n) is 7.27. The van der Waals surface area contributed by atoms with Crippen LogP contribution in [0.25, 0.3) is 11.0 Å². The van der Waals surface area contributed by atoms with Gasteiger partial charge in [0.2, 0.25) is 0 Å². The molecule has 22 heavy (non-hydrogen) atoms. The van der Waals surface area contributed by atoms with E-state index in [0.717, 1.165) is 27.3 Å². The van der Waals surface area contributed by atoms with E-state index in [0.29, 0.717) is 0 Å². The van der Waals surface area contributed by atoms with Crippen molar-refractivity contribution >= 4 is 28.6 Å². The first-order chi connectivity index (χ1) is 10.5. The zero-order valence-corrected chi connectivity index (χ0v) is 13.7. The molecule has 0 spiro atoms. The molecule has 1 N–H and O–H groups in total. The monoisotopic (exact) mass is 310 g/mol. The summed E-state index contributed by atoms with van der Waals surface area (Å²) in [5.74, 6) is 0.127. The summed E-state index contributed by atoms with van der Waals surface area (Å²) in [7, 11) is 0. The van der Waals surface area contributed by atoms with E-state index in [9.17, 15) is 4.79 Å². The van der Waals surface area contributed by atoms with E-state index in [1.165, 1.54) is 17.3 Å². The number of benzene rings is 2. The van der Waals surface area contributed by atoms with Gasteiger partial charge in [-0.2, -0.15) is 0 Å². The number of Topliss-reactive ketones (excluding diaryl/α,β-unsaturated/α-hetero) is 1. The van der Waals surface area contributed by atoms with E-state index in [1.54, 1.807) is 0 Å². The Morgan fingerprint density at radius 2 is 1.77 bits per heavy atom. The molecule has 2 aromatic carbocycles. The van der Waals surface area contributed by atoms with Crippen molar-refractivity contribution in [2.24, 2.45) is 0 Å². The average molecular weight is 310 g/mol. The summed E-state index contributed by atoms with van der Waals surface area (Å²) in [5.41, 5.74) is 5.04. The maximum Gasteiger partial charge on any atom is 0.175 e. The van der Waals surface area contributed by atoms with Gasteiger partial charge in [0.15, 0.2) is 10.9 Å². The highest BCUT2D eigenvalue weighted by Crippen LogP contribution is 2.26. The molecule has 0 radical (unpaired) electrons. The van der Waals surface area contributed by atoms with Gasteiger partial charge in [-0.15, -0.1) is 0 Å². The second-order valence-electron chi connectivity index (χ2n) is 5.55. The van der Waals surface area contributed by atoms with E-state index < -0.39 is 0 Å². The molecular formula is C18H18N2OS. The second-order valence-corrected chi connectivity index (χ2v) is 6.88. The Hall–Kier alpha value is -2.07. The molecule has 3 rings (SSSR count). The number of ketones is 1. The van der Waals surface area contributed by atoms with Crippen molar-refractivity contribution in [3.63, 3.8) is 0 Å². The van der Waals surface area contributed by atoms with E-state index in [1.807, 2.05) is 50.2 Å². The van der Waals surface area contributed by atoms with Crippen molar-refractivity contribution < 1.29 is 4.79 Å². The normalized spacial score (nSPS) is 12.5. The summed E-state index contributed by atoms with van der Waals surface area (Å²) < 4.78 is 0. The molecule has 1 unspecified atom stereocenters. The van der Waals surface area contributed by atoms with Gasteiger partial charge in [0.1, 0.15) is 0 Å². The van der Waals surface area contributed by atoms with Gasteiger partial charge in [0, 0.05) is 5.56 Å². The minimum absolute atomic E-state index is 0.127. The van der Waals surface area contributed by atoms with Crippen LogP contribution in [0.2, 0.25) is 0 Å². The Morgan fingerprint density at radius 3 is 2.50 bits per heavy atom. The van der Waals surface area contributed by atoms with Crippen LogP contribution in [0.15, 0.2) is 47.6 Å². The van der Waals surface area contributed by atoms with Crippen molar-refractivity contribution in [2.45, 2.75) is 31.2 Å². The summed E-state index contributed by atoms with van der Waals surface area (Å²) in [6.45, 7) is 5.99. The van der Waals surface area contributed by atoms with Gasteiger partial charge in [-0.05, 0) is 38.5 Å². The number of nitrogens with zero attached hydrogens (tertiary/aromatic N) is 1. The van der Waals surface area contributed by atoms with Crippen LogP contribution in [0.4, 0.5) is 0 Å². The molecule has 3 aromatic rings. The van der Waals surface area contributed by atoms with Gasteiger partial charge in [-0.25, -0.2) is 4.98 Å². The fourth-order valence-electron chi connectivity index (χ4n) is 2.33. The zero-order chi connectivity index (χ0) is 15.7. The lowest BCUT2D eigenvalue weighted by molar-refractivity contribution is 0.0994. The molecule has 3 nitrogen and oxygen atoms in total. The number of imidazole rings is 1. The smallest absolute Gasteiger partial charge is 0.175 e. The maximum absolute atomic E-state index is 12.5. The molecule has 0 amide bonds. The molecule has 1 atom stereocenters. The van der Waals surface area contributed by atoms with E-state index in [-0.39, 0.29) is 11.0 Å². The molecule has 1 aromatic heterocycles. The maximum atomic E-state index is 12.5. The number of rotatable bonds is 4. The van der Waals surface area contributed by atoms with Crippen molar-refractivity contribution in [3.05, 3.63) is 59.2 Å². The van der Waals surface area contributed by atoms with Crippen LogP contribution in [-0.4, -0.2) is 21.0 Å². The molecule has 0 aliphatic carbocycles. The lowest BCUT2D eigenvalue weighted by Crippen LogP contribution is -2.13. The number of carbonyl (C=O) groups is 1. The molecule has 4 heteroatoms. The third kappa shape index (κ3) is 3.07. The number of aromatic amines is 1. The predicted molar refractivity (Wildman–Crippen MR) is 91.7 cm³/mol. The topological polar surface area (TPSA) is 45.8 Å². The molecule has 0 bridgehead atoms. The van der Waals surface area contributed by atoms with E-state index in [2.05, 4.69) is 23.0 Å². The number of H-pyrrole nitrogens is 1. The Bertz CT molecular complexity index is 821. The fourth-order valence-corrected chi connectivity index (χ4v) is 3.23. The zero-order valence-electron chi connectivity index (χ0n) is 12.9. The van der Waals surface area contributed by atoms with Crippen LogP contribution in [0.5, 0.6) is 0 Å². The highest BCUT2D eigenvalue weighted by Gasteiger charge is 2.18. The van der Waals surface area contributed by atoms with Gasteiger partial charge in [0.25, 0.3) is 0 Å². The Kier molecular flexibility index (Phi) is 4.03. The number of aryl methyl sites for hydroxylation is 2. The van der Waals surface area contributed by atoms with E-state index in [4.69, 9.17) is 0 Å².